The zero-order valence-electron chi connectivity index (χ0n) is 17.8. The summed E-state index contributed by atoms with van der Waals surface area (Å²) in [5, 5.41) is 12.9. The quantitative estimate of drug-likeness (QED) is 0.302. The third-order valence-corrected chi connectivity index (χ3v) is 4.54. The Morgan fingerprint density at radius 1 is 0.931 bits per heavy atom. The number of nitrogens with zero attached hydrogens (tertiary/aromatic N) is 2. The van der Waals surface area contributed by atoms with Gasteiger partial charge in [-0.05, 0) is 20.8 Å². The Morgan fingerprint density at radius 3 is 1.86 bits per heavy atom. The van der Waals surface area contributed by atoms with E-state index < -0.39 is 11.5 Å². The van der Waals surface area contributed by atoms with E-state index in [1.54, 1.807) is 13.8 Å². The van der Waals surface area contributed by atoms with Crippen LogP contribution in [0.25, 0.3) is 0 Å². The van der Waals surface area contributed by atoms with E-state index >= 15 is 0 Å². The molecule has 10 nitrogen and oxygen atoms in total. The van der Waals surface area contributed by atoms with Gasteiger partial charge in [-0.3, -0.25) is 24.2 Å². The fourth-order valence-electron chi connectivity index (χ4n) is 3.50. The molecule has 1 saturated heterocycles. The normalized spacial score (nSPS) is 17.5. The van der Waals surface area contributed by atoms with E-state index in [0.29, 0.717) is 45.9 Å². The molecular weight excluding hydrogens is 382 g/mol. The van der Waals surface area contributed by atoms with Gasteiger partial charge in [0.25, 0.3) is 0 Å². The molecule has 1 aliphatic heterocycles. The van der Waals surface area contributed by atoms with Gasteiger partial charge >= 0.3 is 17.9 Å². The van der Waals surface area contributed by atoms with Gasteiger partial charge in [0.1, 0.15) is 0 Å². The smallest absolute Gasteiger partial charge is 0.320 e. The predicted molar refractivity (Wildman–Crippen MR) is 106 cm³/mol. The number of esters is 2. The molecule has 0 unspecified atom stereocenters. The number of aliphatic carboxylic acids is 1. The highest BCUT2D eigenvalue weighted by Gasteiger charge is 2.39. The molecule has 0 aliphatic carbocycles. The Labute approximate surface area is 172 Å². The lowest BCUT2D eigenvalue weighted by Gasteiger charge is -2.37. The third kappa shape index (κ3) is 10.0. The van der Waals surface area contributed by atoms with Crippen molar-refractivity contribution in [3.05, 3.63) is 0 Å². The van der Waals surface area contributed by atoms with E-state index in [2.05, 4.69) is 5.32 Å². The van der Waals surface area contributed by atoms with Crippen LogP contribution in [0, 0.1) is 0 Å². The molecule has 0 aromatic carbocycles. The molecule has 0 aromatic heterocycles. The van der Waals surface area contributed by atoms with Crippen LogP contribution < -0.4 is 5.32 Å². The summed E-state index contributed by atoms with van der Waals surface area (Å²) in [7, 11) is 0. The molecule has 0 amide bonds. The Bertz CT molecular complexity index is 500. The minimum Gasteiger partial charge on any atom is -0.481 e. The van der Waals surface area contributed by atoms with Crippen LogP contribution in [0.1, 0.15) is 27.2 Å². The largest absolute Gasteiger partial charge is 0.481 e. The lowest BCUT2D eigenvalue weighted by Crippen LogP contribution is -2.59. The Balaban J connectivity index is 3.00. The zero-order valence-corrected chi connectivity index (χ0v) is 17.8. The summed E-state index contributed by atoms with van der Waals surface area (Å²) in [6, 6.07) is 0. The van der Waals surface area contributed by atoms with Crippen molar-refractivity contribution in [1.29, 1.82) is 0 Å². The van der Waals surface area contributed by atoms with Crippen LogP contribution in [0.3, 0.4) is 0 Å². The second-order valence-corrected chi connectivity index (χ2v) is 7.01. The highest BCUT2D eigenvalue weighted by Crippen LogP contribution is 2.19. The monoisotopic (exact) mass is 417 g/mol. The lowest BCUT2D eigenvalue weighted by atomic mass is 9.93. The number of carboxylic acids is 1. The van der Waals surface area contributed by atoms with Gasteiger partial charge in [-0.1, -0.05) is 0 Å². The van der Waals surface area contributed by atoms with Crippen molar-refractivity contribution >= 4 is 17.9 Å². The number of carboxylic acid groups (broad SMARTS) is 1. The van der Waals surface area contributed by atoms with Crippen LogP contribution in [-0.2, 0) is 28.6 Å². The molecule has 0 aromatic rings. The maximum atomic E-state index is 12.0. The Morgan fingerprint density at radius 2 is 1.45 bits per heavy atom. The third-order valence-electron chi connectivity index (χ3n) is 4.54. The average Bonchev–Trinajstić information content (AvgIpc) is 2.78. The van der Waals surface area contributed by atoms with Crippen LogP contribution in [0.15, 0.2) is 0 Å². The van der Waals surface area contributed by atoms with Crippen LogP contribution in [0.5, 0.6) is 0 Å². The lowest BCUT2D eigenvalue weighted by molar-refractivity contribution is -0.145. The van der Waals surface area contributed by atoms with Crippen molar-refractivity contribution in [1.82, 2.24) is 15.1 Å². The molecule has 0 radical (unpaired) electrons. The van der Waals surface area contributed by atoms with Crippen LogP contribution in [-0.4, -0.2) is 111 Å². The van der Waals surface area contributed by atoms with E-state index in [0.717, 1.165) is 0 Å². The summed E-state index contributed by atoms with van der Waals surface area (Å²) in [5.74, 6) is -1.67. The van der Waals surface area contributed by atoms with Gasteiger partial charge in [-0.2, -0.15) is 0 Å². The topological polar surface area (TPSA) is 118 Å². The van der Waals surface area contributed by atoms with Gasteiger partial charge in [0.15, 0.2) is 0 Å². The van der Waals surface area contributed by atoms with Crippen molar-refractivity contribution in [2.45, 2.75) is 32.7 Å². The van der Waals surface area contributed by atoms with Crippen molar-refractivity contribution in [2.24, 2.45) is 0 Å². The van der Waals surface area contributed by atoms with Crippen molar-refractivity contribution in [3.63, 3.8) is 0 Å². The average molecular weight is 418 g/mol. The summed E-state index contributed by atoms with van der Waals surface area (Å²) in [5.41, 5.74) is -0.849. The van der Waals surface area contributed by atoms with Crippen molar-refractivity contribution in [2.75, 3.05) is 72.2 Å². The minimum absolute atomic E-state index is 0.0651. The summed E-state index contributed by atoms with van der Waals surface area (Å²) in [6.07, 6.45) is -0.155. The molecule has 2 N–H and O–H groups in total. The van der Waals surface area contributed by atoms with Gasteiger partial charge < -0.3 is 24.6 Å². The van der Waals surface area contributed by atoms with Crippen LogP contribution >= 0.6 is 0 Å². The molecular formula is C19H35N3O7. The van der Waals surface area contributed by atoms with Gasteiger partial charge in [-0.15, -0.1) is 0 Å². The SMILES string of the molecule is CCOCCNC1(CC(=O)O)CN(CC(=O)OCC)CCN(CC(=O)OCC)C1. The fraction of sp³-hybridized carbons (Fsp3) is 0.842. The van der Waals surface area contributed by atoms with Gasteiger partial charge in [0.2, 0.25) is 0 Å². The number of hydrogen-bond donors (Lipinski definition) is 2. The second kappa shape index (κ2) is 13.5. The molecule has 1 rings (SSSR count). The molecule has 1 aliphatic rings. The molecule has 0 bridgehead atoms. The highest BCUT2D eigenvalue weighted by molar-refractivity contribution is 5.72. The van der Waals surface area contributed by atoms with E-state index in [-0.39, 0.29) is 44.7 Å². The van der Waals surface area contributed by atoms with Crippen molar-refractivity contribution in [3.8, 4) is 0 Å². The van der Waals surface area contributed by atoms with E-state index in [1.165, 1.54) is 0 Å². The molecule has 0 saturated carbocycles. The summed E-state index contributed by atoms with van der Waals surface area (Å²) in [4.78, 5) is 39.4. The Kier molecular flexibility index (Phi) is 11.7. The van der Waals surface area contributed by atoms with Crippen molar-refractivity contribution < 1.29 is 33.7 Å². The summed E-state index contributed by atoms with van der Waals surface area (Å²) in [6.45, 7) is 9.23. The molecule has 29 heavy (non-hydrogen) atoms. The maximum Gasteiger partial charge on any atom is 0.320 e. The summed E-state index contributed by atoms with van der Waals surface area (Å²) < 4.78 is 15.5. The first-order valence-corrected chi connectivity index (χ1v) is 10.1. The number of carbonyl (C=O) groups is 3. The number of rotatable bonds is 13. The predicted octanol–water partition coefficient (Wildman–Crippen LogP) is -0.430. The maximum absolute atomic E-state index is 12.0. The highest BCUT2D eigenvalue weighted by atomic mass is 16.5. The molecule has 1 heterocycles. The number of ether oxygens (including phenoxy) is 3. The standard InChI is InChI=1S/C19H35N3O7/c1-4-27-10-7-20-19(11-16(23)24)14-21(12-17(25)28-5-2)8-9-22(15-19)13-18(26)29-6-3/h20H,4-15H2,1-3H3,(H,23,24). The molecule has 0 atom stereocenters. The van der Waals surface area contributed by atoms with Gasteiger partial charge in [-0.25, -0.2) is 0 Å². The first-order valence-electron chi connectivity index (χ1n) is 10.1. The van der Waals surface area contributed by atoms with Crippen LogP contribution in [0.2, 0.25) is 0 Å². The molecule has 0 spiro atoms. The first-order chi connectivity index (χ1) is 13.8. The second-order valence-electron chi connectivity index (χ2n) is 7.01. The summed E-state index contributed by atoms with van der Waals surface area (Å²) >= 11 is 0. The molecule has 1 fully saturated rings. The zero-order chi connectivity index (χ0) is 21.7. The van der Waals surface area contributed by atoms with E-state index in [4.69, 9.17) is 14.2 Å². The van der Waals surface area contributed by atoms with Gasteiger partial charge in [0.05, 0.1) is 44.9 Å². The number of hydrogen-bond acceptors (Lipinski definition) is 9. The van der Waals surface area contributed by atoms with E-state index in [9.17, 15) is 19.5 Å². The van der Waals surface area contributed by atoms with E-state index in [1.807, 2.05) is 16.7 Å². The first kappa shape index (κ1) is 25.3. The van der Waals surface area contributed by atoms with Gasteiger partial charge in [0, 0.05) is 39.3 Å². The minimum atomic E-state index is -0.956. The Hall–Kier alpha value is -1.75. The fourth-order valence-corrected chi connectivity index (χ4v) is 3.50. The van der Waals surface area contributed by atoms with Crippen LogP contribution in [0.4, 0.5) is 0 Å². The molecule has 10 heteroatoms. The number of nitrogens with one attached hydrogen (secondary N) is 1. The molecule has 168 valence electrons. The number of carbonyl (C=O) groups excluding carboxylic acids is 2.